The van der Waals surface area contributed by atoms with Crippen LogP contribution in [0.1, 0.15) is 12.5 Å². The molecule has 0 saturated heterocycles. The van der Waals surface area contributed by atoms with Crippen molar-refractivity contribution in [2.75, 3.05) is 5.32 Å². The van der Waals surface area contributed by atoms with Gasteiger partial charge in [-0.2, -0.15) is 0 Å². The van der Waals surface area contributed by atoms with Crippen LogP contribution in [-0.4, -0.2) is 22.1 Å². The summed E-state index contributed by atoms with van der Waals surface area (Å²) in [4.78, 5) is 15.7. The molecular weight excluding hydrogens is 216 g/mol. The van der Waals surface area contributed by atoms with Gasteiger partial charge in [-0.15, -0.1) is 0 Å². The molecule has 2 aromatic rings. The van der Waals surface area contributed by atoms with Crippen LogP contribution in [0.4, 0.5) is 5.69 Å². The predicted molar refractivity (Wildman–Crippen MR) is 66.8 cm³/mol. The van der Waals surface area contributed by atoms with E-state index in [2.05, 4.69) is 10.3 Å². The minimum absolute atomic E-state index is 0.428. The molecule has 0 saturated carbocycles. The average Bonchev–Trinajstić information content (AvgIpc) is 2.28. The molecule has 2 rings (SSSR count). The molecule has 2 N–H and O–H groups in total. The highest BCUT2D eigenvalue weighted by molar-refractivity contribution is 6.01. The van der Waals surface area contributed by atoms with E-state index in [4.69, 9.17) is 0 Å². The molecule has 0 aliphatic heterocycles. The van der Waals surface area contributed by atoms with Gasteiger partial charge in [0.2, 0.25) is 0 Å². The molecule has 88 valence electrons. The number of pyridine rings is 1. The molecular formula is C13H14N2O2. The molecule has 1 unspecified atom stereocenters. The van der Waals surface area contributed by atoms with Crippen LogP contribution in [0.5, 0.6) is 0 Å². The molecule has 0 fully saturated rings. The lowest BCUT2D eigenvalue weighted by atomic mass is 10.1. The molecule has 1 atom stereocenters. The van der Waals surface area contributed by atoms with Gasteiger partial charge in [0.25, 0.3) is 5.91 Å². The second kappa shape index (κ2) is 4.51. The molecule has 1 aromatic heterocycles. The summed E-state index contributed by atoms with van der Waals surface area (Å²) in [5.41, 5.74) is 2.39. The molecule has 0 aliphatic rings. The van der Waals surface area contributed by atoms with Gasteiger partial charge in [-0.1, -0.05) is 6.07 Å². The number of hydrogen-bond acceptors (Lipinski definition) is 3. The largest absolute Gasteiger partial charge is 0.384 e. The van der Waals surface area contributed by atoms with Crippen molar-refractivity contribution in [1.29, 1.82) is 0 Å². The lowest BCUT2D eigenvalue weighted by Gasteiger charge is -2.10. The standard InChI is InChI=1S/C13H14N2O2/c1-8-6-10-4-3-5-14-12(10)11(7-8)15-13(17)9(2)16/h3-7,9,16H,1-2H3,(H,15,17). The summed E-state index contributed by atoms with van der Waals surface area (Å²) in [7, 11) is 0. The van der Waals surface area contributed by atoms with Crippen molar-refractivity contribution in [2.24, 2.45) is 0 Å². The zero-order chi connectivity index (χ0) is 12.4. The number of aliphatic hydroxyl groups excluding tert-OH is 1. The van der Waals surface area contributed by atoms with Crippen LogP contribution in [0, 0.1) is 6.92 Å². The van der Waals surface area contributed by atoms with E-state index < -0.39 is 12.0 Å². The third-order valence-corrected chi connectivity index (χ3v) is 2.49. The van der Waals surface area contributed by atoms with E-state index in [1.54, 1.807) is 6.20 Å². The first kappa shape index (κ1) is 11.5. The van der Waals surface area contributed by atoms with Gasteiger partial charge >= 0.3 is 0 Å². The number of fused-ring (bicyclic) bond motifs is 1. The van der Waals surface area contributed by atoms with E-state index in [0.717, 1.165) is 16.5 Å². The summed E-state index contributed by atoms with van der Waals surface area (Å²) in [5, 5.41) is 12.8. The fourth-order valence-electron chi connectivity index (χ4n) is 1.67. The van der Waals surface area contributed by atoms with Gasteiger partial charge in [-0.05, 0) is 37.6 Å². The van der Waals surface area contributed by atoms with E-state index in [1.807, 2.05) is 31.2 Å². The second-order valence-corrected chi connectivity index (χ2v) is 4.05. The minimum Gasteiger partial charge on any atom is -0.384 e. The molecule has 4 heteroatoms. The Kier molecular flexibility index (Phi) is 3.06. The number of carbonyl (C=O) groups excluding carboxylic acids is 1. The maximum atomic E-state index is 11.5. The van der Waals surface area contributed by atoms with Gasteiger partial charge in [-0.3, -0.25) is 9.78 Å². The van der Waals surface area contributed by atoms with Crippen LogP contribution in [-0.2, 0) is 4.79 Å². The van der Waals surface area contributed by atoms with Crippen molar-refractivity contribution in [1.82, 2.24) is 4.98 Å². The number of hydrogen-bond donors (Lipinski definition) is 2. The highest BCUT2D eigenvalue weighted by Crippen LogP contribution is 2.23. The summed E-state index contributed by atoms with van der Waals surface area (Å²) >= 11 is 0. The topological polar surface area (TPSA) is 62.2 Å². The van der Waals surface area contributed by atoms with Crippen LogP contribution in [0.25, 0.3) is 10.9 Å². The lowest BCUT2D eigenvalue weighted by molar-refractivity contribution is -0.123. The Balaban J connectivity index is 2.49. The molecule has 4 nitrogen and oxygen atoms in total. The third kappa shape index (κ3) is 2.42. The Morgan fingerprint density at radius 1 is 1.47 bits per heavy atom. The minimum atomic E-state index is -1.03. The molecule has 1 heterocycles. The maximum absolute atomic E-state index is 11.5. The van der Waals surface area contributed by atoms with Gasteiger partial charge in [0.15, 0.2) is 0 Å². The van der Waals surface area contributed by atoms with E-state index >= 15 is 0 Å². The highest BCUT2D eigenvalue weighted by Gasteiger charge is 2.11. The monoisotopic (exact) mass is 230 g/mol. The van der Waals surface area contributed by atoms with Gasteiger partial charge < -0.3 is 10.4 Å². The van der Waals surface area contributed by atoms with E-state index in [-0.39, 0.29) is 0 Å². The number of rotatable bonds is 2. The summed E-state index contributed by atoms with van der Waals surface area (Å²) in [6.45, 7) is 3.38. The highest BCUT2D eigenvalue weighted by atomic mass is 16.3. The van der Waals surface area contributed by atoms with Crippen molar-refractivity contribution >= 4 is 22.5 Å². The summed E-state index contributed by atoms with van der Waals surface area (Å²) in [6.07, 6.45) is 0.643. The zero-order valence-electron chi connectivity index (χ0n) is 9.77. The number of benzene rings is 1. The van der Waals surface area contributed by atoms with Gasteiger partial charge in [-0.25, -0.2) is 0 Å². The van der Waals surface area contributed by atoms with Crippen LogP contribution < -0.4 is 5.32 Å². The Morgan fingerprint density at radius 3 is 2.94 bits per heavy atom. The van der Waals surface area contributed by atoms with E-state index in [9.17, 15) is 9.90 Å². The molecule has 0 radical (unpaired) electrons. The molecule has 0 aliphatic carbocycles. The van der Waals surface area contributed by atoms with Gasteiger partial charge in [0.1, 0.15) is 6.10 Å². The van der Waals surface area contributed by atoms with Crippen molar-refractivity contribution in [3.05, 3.63) is 36.0 Å². The van der Waals surface area contributed by atoms with Crippen LogP contribution in [0.15, 0.2) is 30.5 Å². The van der Waals surface area contributed by atoms with Gasteiger partial charge in [0, 0.05) is 11.6 Å². The van der Waals surface area contributed by atoms with Crippen molar-refractivity contribution in [3.63, 3.8) is 0 Å². The second-order valence-electron chi connectivity index (χ2n) is 4.05. The third-order valence-electron chi connectivity index (χ3n) is 2.49. The maximum Gasteiger partial charge on any atom is 0.252 e. The fourth-order valence-corrected chi connectivity index (χ4v) is 1.67. The number of amides is 1. The molecule has 17 heavy (non-hydrogen) atoms. The molecule has 1 amide bonds. The summed E-state index contributed by atoms with van der Waals surface area (Å²) in [5.74, 6) is -0.428. The van der Waals surface area contributed by atoms with Crippen LogP contribution in [0.2, 0.25) is 0 Å². The SMILES string of the molecule is Cc1cc(NC(=O)C(C)O)c2ncccc2c1. The Hall–Kier alpha value is -1.94. The van der Waals surface area contributed by atoms with Crippen molar-refractivity contribution in [3.8, 4) is 0 Å². The number of aromatic nitrogens is 1. The van der Waals surface area contributed by atoms with Crippen LogP contribution >= 0.6 is 0 Å². The van der Waals surface area contributed by atoms with Crippen molar-refractivity contribution in [2.45, 2.75) is 20.0 Å². The Morgan fingerprint density at radius 2 is 2.24 bits per heavy atom. The number of nitrogens with one attached hydrogen (secondary N) is 1. The summed E-state index contributed by atoms with van der Waals surface area (Å²) in [6, 6.07) is 7.63. The number of aliphatic hydroxyl groups is 1. The normalized spacial score (nSPS) is 12.4. The Labute approximate surface area is 99.3 Å². The summed E-state index contributed by atoms with van der Waals surface area (Å²) < 4.78 is 0. The smallest absolute Gasteiger partial charge is 0.252 e. The number of nitrogens with zero attached hydrogens (tertiary/aromatic N) is 1. The zero-order valence-corrected chi connectivity index (χ0v) is 9.77. The first-order chi connectivity index (χ1) is 8.08. The number of aryl methyl sites for hydroxylation is 1. The van der Waals surface area contributed by atoms with E-state index in [1.165, 1.54) is 6.92 Å². The first-order valence-corrected chi connectivity index (χ1v) is 5.42. The van der Waals surface area contributed by atoms with E-state index in [0.29, 0.717) is 5.69 Å². The molecule has 1 aromatic carbocycles. The molecule has 0 spiro atoms. The lowest BCUT2D eigenvalue weighted by Crippen LogP contribution is -2.24. The Bertz CT molecular complexity index is 564. The quantitative estimate of drug-likeness (QED) is 0.827. The average molecular weight is 230 g/mol. The predicted octanol–water partition coefficient (Wildman–Crippen LogP) is 1.86. The van der Waals surface area contributed by atoms with Crippen molar-refractivity contribution < 1.29 is 9.90 Å². The van der Waals surface area contributed by atoms with Gasteiger partial charge in [0.05, 0.1) is 11.2 Å². The number of carbonyl (C=O) groups is 1. The number of anilines is 1. The first-order valence-electron chi connectivity index (χ1n) is 5.42. The fraction of sp³-hybridized carbons (Fsp3) is 0.231. The van der Waals surface area contributed by atoms with Crippen LogP contribution in [0.3, 0.4) is 0 Å². The molecule has 0 bridgehead atoms.